The summed E-state index contributed by atoms with van der Waals surface area (Å²) in [4.78, 5) is 4.05. The topological polar surface area (TPSA) is 34.2 Å². The Balaban J connectivity index is 1.90. The van der Waals surface area contributed by atoms with Gasteiger partial charge in [0.2, 0.25) is 0 Å². The Morgan fingerprint density at radius 3 is 3.20 bits per heavy atom. The number of ether oxygens (including phenoxy) is 1. The molecule has 15 heavy (non-hydrogen) atoms. The standard InChI is InChI=1S/C10H12BrClN2O/c11-9-3-8(5-14-10(9)12)13-4-7-1-2-15-6-7/h3,5,7,13H,1-2,4,6H2. The van der Waals surface area contributed by atoms with Gasteiger partial charge in [-0.2, -0.15) is 0 Å². The van der Waals surface area contributed by atoms with Crippen molar-refractivity contribution in [2.45, 2.75) is 6.42 Å². The Kier molecular flexibility index (Phi) is 3.83. The van der Waals surface area contributed by atoms with Gasteiger partial charge in [0.25, 0.3) is 0 Å². The van der Waals surface area contributed by atoms with Crippen LogP contribution >= 0.6 is 27.5 Å². The van der Waals surface area contributed by atoms with Crippen LogP contribution in [0.2, 0.25) is 5.15 Å². The van der Waals surface area contributed by atoms with Gasteiger partial charge in [-0.15, -0.1) is 0 Å². The van der Waals surface area contributed by atoms with Crippen LogP contribution in [0.5, 0.6) is 0 Å². The van der Waals surface area contributed by atoms with Crippen molar-refractivity contribution in [3.63, 3.8) is 0 Å². The van der Waals surface area contributed by atoms with E-state index in [4.69, 9.17) is 16.3 Å². The first kappa shape index (κ1) is 11.2. The third kappa shape index (κ3) is 3.06. The number of pyridine rings is 1. The average Bonchev–Trinajstić information content (AvgIpc) is 2.73. The van der Waals surface area contributed by atoms with Gasteiger partial charge < -0.3 is 10.1 Å². The summed E-state index contributed by atoms with van der Waals surface area (Å²) < 4.78 is 6.12. The fourth-order valence-electron chi connectivity index (χ4n) is 1.52. The third-order valence-corrected chi connectivity index (χ3v) is 3.55. The van der Waals surface area contributed by atoms with E-state index in [1.807, 2.05) is 6.07 Å². The van der Waals surface area contributed by atoms with Gasteiger partial charge in [-0.25, -0.2) is 4.98 Å². The summed E-state index contributed by atoms with van der Waals surface area (Å²) in [5.74, 6) is 0.611. The Morgan fingerprint density at radius 2 is 2.53 bits per heavy atom. The van der Waals surface area contributed by atoms with Crippen molar-refractivity contribution < 1.29 is 4.74 Å². The molecule has 1 aromatic heterocycles. The predicted octanol–water partition coefficient (Wildman–Crippen LogP) is 2.95. The minimum atomic E-state index is 0.491. The molecule has 0 aromatic carbocycles. The zero-order chi connectivity index (χ0) is 10.7. The first-order valence-electron chi connectivity index (χ1n) is 4.88. The molecular weight excluding hydrogens is 279 g/mol. The van der Waals surface area contributed by atoms with Crippen molar-refractivity contribution in [2.24, 2.45) is 5.92 Å². The molecule has 0 amide bonds. The highest BCUT2D eigenvalue weighted by Gasteiger charge is 2.15. The van der Waals surface area contributed by atoms with Crippen LogP contribution in [0, 0.1) is 5.92 Å². The third-order valence-electron chi connectivity index (χ3n) is 2.42. The fraction of sp³-hybridized carbons (Fsp3) is 0.500. The van der Waals surface area contributed by atoms with Crippen molar-refractivity contribution in [1.29, 1.82) is 0 Å². The number of hydrogen-bond donors (Lipinski definition) is 1. The molecule has 1 aromatic rings. The van der Waals surface area contributed by atoms with Gasteiger partial charge in [0, 0.05) is 19.1 Å². The lowest BCUT2D eigenvalue weighted by atomic mass is 10.1. The molecule has 1 saturated heterocycles. The maximum atomic E-state index is 5.80. The molecule has 3 nitrogen and oxygen atoms in total. The zero-order valence-electron chi connectivity index (χ0n) is 8.17. The van der Waals surface area contributed by atoms with E-state index in [0.29, 0.717) is 11.1 Å². The lowest BCUT2D eigenvalue weighted by Crippen LogP contribution is -2.14. The smallest absolute Gasteiger partial charge is 0.143 e. The maximum Gasteiger partial charge on any atom is 0.143 e. The van der Waals surface area contributed by atoms with Crippen LogP contribution in [0.15, 0.2) is 16.7 Å². The van der Waals surface area contributed by atoms with Crippen LogP contribution in [0.4, 0.5) is 5.69 Å². The van der Waals surface area contributed by atoms with E-state index in [2.05, 4.69) is 26.2 Å². The number of aromatic nitrogens is 1. The van der Waals surface area contributed by atoms with Crippen LogP contribution in [-0.4, -0.2) is 24.7 Å². The zero-order valence-corrected chi connectivity index (χ0v) is 10.5. The van der Waals surface area contributed by atoms with Gasteiger partial charge >= 0.3 is 0 Å². The molecule has 1 aliphatic heterocycles. The second-order valence-corrected chi connectivity index (χ2v) is 4.82. The van der Waals surface area contributed by atoms with Crippen LogP contribution in [-0.2, 0) is 4.74 Å². The molecule has 1 unspecified atom stereocenters. The highest BCUT2D eigenvalue weighted by atomic mass is 79.9. The molecule has 2 heterocycles. The van der Waals surface area contributed by atoms with Crippen molar-refractivity contribution in [1.82, 2.24) is 4.98 Å². The summed E-state index contributed by atoms with van der Waals surface area (Å²) in [6.45, 7) is 2.67. The molecule has 1 N–H and O–H groups in total. The van der Waals surface area contributed by atoms with Gasteiger partial charge in [-0.3, -0.25) is 0 Å². The lowest BCUT2D eigenvalue weighted by Gasteiger charge is -2.10. The number of nitrogens with zero attached hydrogens (tertiary/aromatic N) is 1. The van der Waals surface area contributed by atoms with Crippen LogP contribution in [0.3, 0.4) is 0 Å². The average molecular weight is 292 g/mol. The Morgan fingerprint density at radius 1 is 1.67 bits per heavy atom. The van der Waals surface area contributed by atoms with E-state index in [1.165, 1.54) is 0 Å². The highest BCUT2D eigenvalue weighted by molar-refractivity contribution is 9.10. The number of anilines is 1. The van der Waals surface area contributed by atoms with E-state index in [1.54, 1.807) is 6.20 Å². The minimum Gasteiger partial charge on any atom is -0.383 e. The summed E-state index contributed by atoms with van der Waals surface area (Å²) >= 11 is 9.14. The number of halogens is 2. The predicted molar refractivity (Wildman–Crippen MR) is 64.4 cm³/mol. The summed E-state index contributed by atoms with van der Waals surface area (Å²) in [7, 11) is 0. The molecule has 5 heteroatoms. The number of hydrogen-bond acceptors (Lipinski definition) is 3. The molecular formula is C10H12BrClN2O. The second-order valence-electron chi connectivity index (χ2n) is 3.61. The SMILES string of the molecule is Clc1ncc(NCC2CCOC2)cc1Br. The first-order chi connectivity index (χ1) is 7.25. The van der Waals surface area contributed by atoms with Gasteiger partial charge in [-0.1, -0.05) is 11.6 Å². The van der Waals surface area contributed by atoms with E-state index >= 15 is 0 Å². The summed E-state index contributed by atoms with van der Waals surface area (Å²) in [5, 5.41) is 3.81. The monoisotopic (exact) mass is 290 g/mol. The minimum absolute atomic E-state index is 0.491. The molecule has 0 radical (unpaired) electrons. The quantitative estimate of drug-likeness (QED) is 0.870. The maximum absolute atomic E-state index is 5.80. The molecule has 82 valence electrons. The van der Waals surface area contributed by atoms with Crippen LogP contribution in [0.1, 0.15) is 6.42 Å². The second kappa shape index (κ2) is 5.14. The summed E-state index contributed by atoms with van der Waals surface area (Å²) in [6, 6.07) is 1.94. The van der Waals surface area contributed by atoms with Crippen molar-refractivity contribution >= 4 is 33.2 Å². The van der Waals surface area contributed by atoms with Gasteiger partial charge in [0.05, 0.1) is 23.0 Å². The van der Waals surface area contributed by atoms with Gasteiger partial charge in [-0.05, 0) is 28.4 Å². The number of nitrogens with one attached hydrogen (secondary N) is 1. The molecule has 2 rings (SSSR count). The molecule has 1 aliphatic rings. The van der Waals surface area contributed by atoms with Crippen molar-refractivity contribution in [3.05, 3.63) is 21.9 Å². The Bertz CT molecular complexity index is 342. The summed E-state index contributed by atoms with van der Waals surface area (Å²) in [6.07, 6.45) is 2.87. The van der Waals surface area contributed by atoms with Gasteiger partial charge in [0.15, 0.2) is 0 Å². The largest absolute Gasteiger partial charge is 0.383 e. The van der Waals surface area contributed by atoms with E-state index in [9.17, 15) is 0 Å². The summed E-state index contributed by atoms with van der Waals surface area (Å²) in [5.41, 5.74) is 0.984. The Hall–Kier alpha value is -0.320. The van der Waals surface area contributed by atoms with E-state index in [-0.39, 0.29) is 0 Å². The first-order valence-corrected chi connectivity index (χ1v) is 6.05. The number of rotatable bonds is 3. The van der Waals surface area contributed by atoms with Crippen LogP contribution in [0.25, 0.3) is 0 Å². The van der Waals surface area contributed by atoms with Gasteiger partial charge in [0.1, 0.15) is 5.15 Å². The van der Waals surface area contributed by atoms with E-state index in [0.717, 1.165) is 36.3 Å². The fourth-order valence-corrected chi connectivity index (χ4v) is 1.98. The highest BCUT2D eigenvalue weighted by Crippen LogP contribution is 2.23. The van der Waals surface area contributed by atoms with Crippen molar-refractivity contribution in [3.8, 4) is 0 Å². The lowest BCUT2D eigenvalue weighted by molar-refractivity contribution is 0.187. The van der Waals surface area contributed by atoms with Crippen LogP contribution < -0.4 is 5.32 Å². The van der Waals surface area contributed by atoms with Crippen molar-refractivity contribution in [2.75, 3.05) is 25.1 Å². The Labute approximate surface area is 102 Å². The normalized spacial score (nSPS) is 20.5. The molecule has 0 aliphatic carbocycles. The van der Waals surface area contributed by atoms with E-state index < -0.39 is 0 Å². The molecule has 1 atom stereocenters. The molecule has 0 spiro atoms. The molecule has 0 saturated carbocycles. The molecule has 1 fully saturated rings. The molecule has 0 bridgehead atoms.